The van der Waals surface area contributed by atoms with E-state index in [-0.39, 0.29) is 31.4 Å². The molecule has 39 heavy (non-hydrogen) atoms. The quantitative estimate of drug-likeness (QED) is 0.0982. The molecular formula is C34H48IrNO2Si-. The predicted octanol–water partition coefficient (Wildman–Crippen LogP) is 9.92. The number of hydrogen-bond acceptors (Lipinski definition) is 3. The second-order valence-electron chi connectivity index (χ2n) is 10.8. The topological polar surface area (TPSA) is 50.2 Å². The standard InChI is InChI=1S/C20H20N.C14H28O2Si.Ir/c1-13(2)16-5-6-19-17(12-16)7-8-21-20(19)18-10-14(3)9-15(4)11-18;1-6-12(7-2)13(15)11-14(16)17(8-3,9-4)10-5;/h5-10,12-13H,1-4H3;11-12,15H,6-10H2,1-5H3;/q-1;;/b;13-11-;. The molecular weight excluding hydrogens is 675 g/mol. The van der Waals surface area contributed by atoms with Gasteiger partial charge in [0.1, 0.15) is 13.5 Å². The van der Waals surface area contributed by atoms with Crippen molar-refractivity contribution in [2.24, 2.45) is 5.92 Å². The molecule has 0 saturated carbocycles. The molecule has 3 nitrogen and oxygen atoms in total. The Kier molecular flexibility index (Phi) is 14.6. The minimum atomic E-state index is -1.83. The molecule has 0 aliphatic rings. The van der Waals surface area contributed by atoms with Gasteiger partial charge in [0.05, 0.1) is 5.76 Å². The van der Waals surface area contributed by atoms with Crippen molar-refractivity contribution in [3.63, 3.8) is 0 Å². The third kappa shape index (κ3) is 8.96. The van der Waals surface area contributed by atoms with Gasteiger partial charge in [-0.05, 0) is 46.9 Å². The second kappa shape index (κ2) is 16.3. The van der Waals surface area contributed by atoms with E-state index in [1.165, 1.54) is 21.9 Å². The molecule has 2 aromatic carbocycles. The Morgan fingerprint density at radius 1 is 0.974 bits per heavy atom. The van der Waals surface area contributed by atoms with Crippen LogP contribution in [0.5, 0.6) is 0 Å². The van der Waals surface area contributed by atoms with Crippen LogP contribution in [-0.2, 0) is 24.9 Å². The molecule has 1 radical (unpaired) electrons. The van der Waals surface area contributed by atoms with E-state index in [9.17, 15) is 9.90 Å². The van der Waals surface area contributed by atoms with Crippen LogP contribution in [0.1, 0.15) is 83.9 Å². The third-order valence-electron chi connectivity index (χ3n) is 8.09. The van der Waals surface area contributed by atoms with Gasteiger partial charge in [-0.25, -0.2) is 0 Å². The van der Waals surface area contributed by atoms with E-state index >= 15 is 0 Å². The Hall–Kier alpha value is -2.07. The van der Waals surface area contributed by atoms with Crippen LogP contribution in [0, 0.1) is 25.8 Å². The van der Waals surface area contributed by atoms with E-state index < -0.39 is 8.07 Å². The molecule has 0 spiro atoms. The minimum absolute atomic E-state index is 0. The summed E-state index contributed by atoms with van der Waals surface area (Å²) >= 11 is 0. The summed E-state index contributed by atoms with van der Waals surface area (Å²) in [7, 11) is -1.83. The van der Waals surface area contributed by atoms with Gasteiger partial charge < -0.3 is 14.9 Å². The van der Waals surface area contributed by atoms with Crippen molar-refractivity contribution in [3.8, 4) is 11.3 Å². The third-order valence-corrected chi connectivity index (χ3v) is 13.3. The SMILES string of the molecule is CCC(CC)/C(O)=C/C(=O)[Si](CC)(CC)CC.Cc1[c-]c(-c2nccc3cc(C(C)C)ccc23)cc(C)c1.[Ir]. The van der Waals surface area contributed by atoms with Crippen molar-refractivity contribution in [2.75, 3.05) is 0 Å². The van der Waals surface area contributed by atoms with E-state index in [4.69, 9.17) is 0 Å². The van der Waals surface area contributed by atoms with Crippen molar-refractivity contribution >= 4 is 24.3 Å². The molecule has 0 saturated heterocycles. The molecule has 0 bridgehead atoms. The first kappa shape index (κ1) is 35.0. The van der Waals surface area contributed by atoms with Crippen LogP contribution in [0.4, 0.5) is 0 Å². The van der Waals surface area contributed by atoms with Gasteiger partial charge in [0.15, 0.2) is 0 Å². The van der Waals surface area contributed by atoms with Crippen LogP contribution >= 0.6 is 0 Å². The fraction of sp³-hybridized carbons (Fsp3) is 0.471. The Morgan fingerprint density at radius 3 is 2.10 bits per heavy atom. The minimum Gasteiger partial charge on any atom is -0.512 e. The maximum absolute atomic E-state index is 12.3. The fourth-order valence-corrected chi connectivity index (χ4v) is 8.18. The fourth-order valence-electron chi connectivity index (χ4n) is 5.18. The van der Waals surface area contributed by atoms with E-state index in [1.807, 2.05) is 20.0 Å². The van der Waals surface area contributed by atoms with Crippen molar-refractivity contribution in [2.45, 2.75) is 99.2 Å². The van der Waals surface area contributed by atoms with E-state index in [0.717, 1.165) is 47.8 Å². The monoisotopic (exact) mass is 723 g/mol. The number of rotatable bonds is 10. The molecule has 0 fully saturated rings. The Bertz CT molecular complexity index is 1210. The maximum Gasteiger partial charge on any atom is 0.137 e. The van der Waals surface area contributed by atoms with Gasteiger partial charge in [0.2, 0.25) is 0 Å². The number of aryl methyl sites for hydroxylation is 2. The van der Waals surface area contributed by atoms with Crippen molar-refractivity contribution < 1.29 is 30.0 Å². The summed E-state index contributed by atoms with van der Waals surface area (Å²) in [6.45, 7) is 19.1. The summed E-state index contributed by atoms with van der Waals surface area (Å²) in [6, 6.07) is 19.4. The molecule has 1 aromatic heterocycles. The normalized spacial score (nSPS) is 11.8. The molecule has 0 amide bonds. The van der Waals surface area contributed by atoms with Crippen molar-refractivity contribution in [1.82, 2.24) is 4.98 Å². The molecule has 5 heteroatoms. The Morgan fingerprint density at radius 2 is 1.59 bits per heavy atom. The number of carbonyl (C=O) groups excluding carboxylic acids is 1. The zero-order chi connectivity index (χ0) is 28.5. The Labute approximate surface area is 251 Å². The zero-order valence-electron chi connectivity index (χ0n) is 25.4. The van der Waals surface area contributed by atoms with Crippen LogP contribution in [-0.4, -0.2) is 23.6 Å². The molecule has 3 aromatic rings. The summed E-state index contributed by atoms with van der Waals surface area (Å²) in [5.41, 5.74) is 5.87. The Balaban J connectivity index is 0.000000391. The van der Waals surface area contributed by atoms with Crippen LogP contribution < -0.4 is 0 Å². The first-order chi connectivity index (χ1) is 18.0. The van der Waals surface area contributed by atoms with Crippen molar-refractivity contribution in [1.29, 1.82) is 0 Å². The van der Waals surface area contributed by atoms with Gasteiger partial charge >= 0.3 is 0 Å². The van der Waals surface area contributed by atoms with Gasteiger partial charge in [-0.3, -0.25) is 0 Å². The van der Waals surface area contributed by atoms with Crippen LogP contribution in [0.3, 0.4) is 0 Å². The summed E-state index contributed by atoms with van der Waals surface area (Å²) in [5.74, 6) is 0.988. The number of aromatic nitrogens is 1. The zero-order valence-corrected chi connectivity index (χ0v) is 28.8. The average Bonchev–Trinajstić information content (AvgIpc) is 2.89. The first-order valence-corrected chi connectivity index (χ1v) is 17.0. The predicted molar refractivity (Wildman–Crippen MR) is 167 cm³/mol. The largest absolute Gasteiger partial charge is 0.512 e. The van der Waals surface area contributed by atoms with E-state index in [1.54, 1.807) is 6.08 Å². The number of hydrogen-bond donors (Lipinski definition) is 1. The van der Waals surface area contributed by atoms with E-state index in [0.29, 0.717) is 11.7 Å². The molecule has 0 aliphatic carbocycles. The number of aliphatic hydroxyl groups is 1. The number of carbonyl (C=O) groups is 1. The van der Waals surface area contributed by atoms with Gasteiger partial charge in [-0.1, -0.05) is 98.6 Å². The van der Waals surface area contributed by atoms with E-state index in [2.05, 4.69) is 95.9 Å². The summed E-state index contributed by atoms with van der Waals surface area (Å²) < 4.78 is 0. The summed E-state index contributed by atoms with van der Waals surface area (Å²) in [4.78, 5) is 16.9. The number of allylic oxidation sites excluding steroid dienone is 2. The number of fused-ring (bicyclic) bond motifs is 1. The maximum atomic E-state index is 12.3. The molecule has 1 N–H and O–H groups in total. The average molecular weight is 723 g/mol. The van der Waals surface area contributed by atoms with Crippen LogP contribution in [0.2, 0.25) is 18.1 Å². The van der Waals surface area contributed by atoms with Crippen LogP contribution in [0.15, 0.2) is 54.4 Å². The number of benzene rings is 2. The number of aliphatic hydroxyl groups excluding tert-OH is 1. The first-order valence-electron chi connectivity index (χ1n) is 14.4. The van der Waals surface area contributed by atoms with Gasteiger partial charge in [-0.2, -0.15) is 0 Å². The van der Waals surface area contributed by atoms with Gasteiger partial charge in [-0.15, -0.1) is 34.9 Å². The molecule has 0 atom stereocenters. The van der Waals surface area contributed by atoms with Crippen molar-refractivity contribution in [3.05, 3.63) is 77.2 Å². The molecule has 3 rings (SSSR count). The molecule has 0 aliphatic heterocycles. The second-order valence-corrected chi connectivity index (χ2v) is 16.0. The van der Waals surface area contributed by atoms with Gasteiger partial charge in [0.25, 0.3) is 0 Å². The number of nitrogens with zero attached hydrogens (tertiary/aromatic N) is 1. The molecule has 1 heterocycles. The summed E-state index contributed by atoms with van der Waals surface area (Å²) in [5, 5.41) is 12.7. The molecule has 0 unspecified atom stereocenters. The number of pyridine rings is 1. The smallest absolute Gasteiger partial charge is 0.137 e. The van der Waals surface area contributed by atoms with Gasteiger partial charge in [0, 0.05) is 38.3 Å². The van der Waals surface area contributed by atoms with Crippen LogP contribution in [0.25, 0.3) is 22.0 Å². The summed E-state index contributed by atoms with van der Waals surface area (Å²) in [6.07, 6.45) is 5.23. The molecule has 215 valence electrons.